The largest absolute Gasteiger partial charge is 0.490 e. The van der Waals surface area contributed by atoms with E-state index >= 15 is 0 Å². The van der Waals surface area contributed by atoms with Gasteiger partial charge in [-0.1, -0.05) is 36.4 Å². The summed E-state index contributed by atoms with van der Waals surface area (Å²) in [5.74, 6) is -0.282. The first-order valence-electron chi connectivity index (χ1n) is 9.16. The number of carbonyl (C=O) groups is 2. The maximum atomic E-state index is 13.4. The highest BCUT2D eigenvalue weighted by atomic mass is 79.9. The molecule has 4 rings (SSSR count). The van der Waals surface area contributed by atoms with Crippen LogP contribution in [0, 0.1) is 0 Å². The summed E-state index contributed by atoms with van der Waals surface area (Å²) >= 11 is 3.44. The summed E-state index contributed by atoms with van der Waals surface area (Å²) in [6.07, 6.45) is 0.0988. The molecule has 1 heterocycles. The van der Waals surface area contributed by atoms with E-state index in [1.165, 1.54) is 4.90 Å². The molecule has 0 saturated carbocycles. The summed E-state index contributed by atoms with van der Waals surface area (Å²) in [5, 5.41) is 0. The van der Waals surface area contributed by atoms with Crippen LogP contribution < -0.4 is 9.64 Å². The topological polar surface area (TPSA) is 59.1 Å². The third-order valence-corrected chi connectivity index (χ3v) is 5.10. The van der Waals surface area contributed by atoms with Gasteiger partial charge >= 0.3 is 0 Å². The molecule has 0 N–H and O–H groups in total. The van der Waals surface area contributed by atoms with E-state index in [4.69, 9.17) is 9.47 Å². The highest BCUT2D eigenvalue weighted by Crippen LogP contribution is 2.29. The van der Waals surface area contributed by atoms with E-state index in [9.17, 15) is 9.59 Å². The maximum absolute atomic E-state index is 13.4. The molecule has 1 fully saturated rings. The number of hydrogen-bond acceptors (Lipinski definition) is 4. The Morgan fingerprint density at radius 3 is 2.21 bits per heavy atom. The molecule has 3 aromatic carbocycles. The Labute approximate surface area is 177 Å². The monoisotopic (exact) mass is 451 g/mol. The molecule has 2 amide bonds. The molecule has 0 spiro atoms. The van der Waals surface area contributed by atoms with E-state index in [-0.39, 0.29) is 6.10 Å². The molecule has 0 bridgehead atoms. The van der Waals surface area contributed by atoms with Gasteiger partial charge < -0.3 is 9.47 Å². The van der Waals surface area contributed by atoms with Crippen LogP contribution in [0.25, 0.3) is 0 Å². The van der Waals surface area contributed by atoms with Gasteiger partial charge in [0.25, 0.3) is 11.8 Å². The molecule has 0 radical (unpaired) electrons. The van der Waals surface area contributed by atoms with Crippen LogP contribution in [0.3, 0.4) is 0 Å². The number of imide groups is 1. The zero-order valence-corrected chi connectivity index (χ0v) is 17.0. The molecule has 3 aromatic rings. The van der Waals surface area contributed by atoms with Crippen LogP contribution in [-0.2, 0) is 4.74 Å². The van der Waals surface area contributed by atoms with Gasteiger partial charge in [0.1, 0.15) is 18.5 Å². The van der Waals surface area contributed by atoms with Gasteiger partial charge in [-0.05, 0) is 58.4 Å². The number of halogens is 1. The van der Waals surface area contributed by atoms with Crippen molar-refractivity contribution in [2.45, 2.75) is 6.10 Å². The van der Waals surface area contributed by atoms with Crippen LogP contribution in [0.15, 0.2) is 83.3 Å². The first kappa shape index (κ1) is 19.4. The van der Waals surface area contributed by atoms with Gasteiger partial charge in [0, 0.05) is 11.1 Å². The SMILES string of the molecule is O=C(c1ccccc1)N(C(=O)c1ccc(Br)c(OCC2CO2)c1)c1ccccc1. The highest BCUT2D eigenvalue weighted by molar-refractivity contribution is 9.10. The summed E-state index contributed by atoms with van der Waals surface area (Å²) in [4.78, 5) is 27.8. The van der Waals surface area contributed by atoms with Gasteiger partial charge in [-0.25, -0.2) is 4.90 Å². The zero-order valence-electron chi connectivity index (χ0n) is 15.5. The van der Waals surface area contributed by atoms with Crippen molar-refractivity contribution in [3.05, 3.63) is 94.5 Å². The predicted octanol–water partition coefficient (Wildman–Crippen LogP) is 4.71. The molecule has 0 aliphatic carbocycles. The number of rotatable bonds is 6. The average Bonchev–Trinajstić information content (AvgIpc) is 3.59. The van der Waals surface area contributed by atoms with Crippen LogP contribution in [-0.4, -0.2) is 31.1 Å². The van der Waals surface area contributed by atoms with Crippen LogP contribution >= 0.6 is 15.9 Å². The van der Waals surface area contributed by atoms with Gasteiger partial charge in [0.05, 0.1) is 16.8 Å². The number of nitrogens with zero attached hydrogens (tertiary/aromatic N) is 1. The minimum absolute atomic E-state index is 0.0988. The van der Waals surface area contributed by atoms with Crippen LogP contribution in [0.1, 0.15) is 20.7 Å². The Bertz CT molecular complexity index is 1020. The molecular weight excluding hydrogens is 434 g/mol. The third-order valence-electron chi connectivity index (χ3n) is 4.45. The third kappa shape index (κ3) is 4.55. The highest BCUT2D eigenvalue weighted by Gasteiger charge is 2.27. The van der Waals surface area contributed by atoms with Gasteiger partial charge in [-0.15, -0.1) is 0 Å². The van der Waals surface area contributed by atoms with Crippen molar-refractivity contribution < 1.29 is 19.1 Å². The normalized spacial score (nSPS) is 14.9. The number of hydrogen-bond donors (Lipinski definition) is 0. The van der Waals surface area contributed by atoms with E-state index in [0.29, 0.717) is 35.8 Å². The van der Waals surface area contributed by atoms with Crippen molar-refractivity contribution in [3.63, 3.8) is 0 Å². The fraction of sp³-hybridized carbons (Fsp3) is 0.130. The molecule has 0 aromatic heterocycles. The van der Waals surface area contributed by atoms with Crippen molar-refractivity contribution >= 4 is 33.4 Å². The van der Waals surface area contributed by atoms with Crippen molar-refractivity contribution in [2.24, 2.45) is 0 Å². The average molecular weight is 452 g/mol. The number of para-hydroxylation sites is 1. The molecule has 5 nitrogen and oxygen atoms in total. The molecule has 6 heteroatoms. The lowest BCUT2D eigenvalue weighted by Crippen LogP contribution is -2.37. The number of epoxide rings is 1. The Morgan fingerprint density at radius 2 is 1.55 bits per heavy atom. The number of anilines is 1. The second kappa shape index (κ2) is 8.59. The van der Waals surface area contributed by atoms with E-state index in [2.05, 4.69) is 15.9 Å². The standard InChI is InChI=1S/C23H18BrNO4/c24-20-12-11-17(13-21(20)29-15-19-14-28-19)23(27)25(18-9-5-2-6-10-18)22(26)16-7-3-1-4-8-16/h1-13,19H,14-15H2. The number of amides is 2. The molecule has 1 aliphatic rings. The fourth-order valence-corrected chi connectivity index (χ4v) is 3.20. The van der Waals surface area contributed by atoms with E-state index in [0.717, 1.165) is 4.47 Å². The molecule has 146 valence electrons. The first-order chi connectivity index (χ1) is 14.1. The van der Waals surface area contributed by atoms with Crippen molar-refractivity contribution in [3.8, 4) is 5.75 Å². The lowest BCUT2D eigenvalue weighted by atomic mass is 10.1. The number of benzene rings is 3. The molecule has 1 saturated heterocycles. The van der Waals surface area contributed by atoms with Crippen molar-refractivity contribution in [1.29, 1.82) is 0 Å². The van der Waals surface area contributed by atoms with Crippen LogP contribution in [0.4, 0.5) is 5.69 Å². The quantitative estimate of drug-likeness (QED) is 0.402. The second-order valence-corrected chi connectivity index (χ2v) is 7.41. The maximum Gasteiger partial charge on any atom is 0.265 e. The summed E-state index contributed by atoms with van der Waals surface area (Å²) in [7, 11) is 0. The van der Waals surface area contributed by atoms with E-state index < -0.39 is 11.8 Å². The number of ether oxygens (including phenoxy) is 2. The van der Waals surface area contributed by atoms with Crippen LogP contribution in [0.5, 0.6) is 5.75 Å². The minimum Gasteiger partial charge on any atom is -0.490 e. The molecule has 29 heavy (non-hydrogen) atoms. The fourth-order valence-electron chi connectivity index (χ4n) is 2.84. The summed E-state index contributed by atoms with van der Waals surface area (Å²) in [5.41, 5.74) is 1.29. The predicted molar refractivity (Wildman–Crippen MR) is 113 cm³/mol. The number of carbonyl (C=O) groups excluding carboxylic acids is 2. The summed E-state index contributed by atoms with van der Waals surface area (Å²) < 4.78 is 11.7. The Hall–Kier alpha value is -2.96. The van der Waals surface area contributed by atoms with Gasteiger partial charge in [0.2, 0.25) is 0 Å². The van der Waals surface area contributed by atoms with Gasteiger partial charge in [-0.3, -0.25) is 9.59 Å². The Kier molecular flexibility index (Phi) is 5.74. The van der Waals surface area contributed by atoms with Crippen LogP contribution in [0.2, 0.25) is 0 Å². The smallest absolute Gasteiger partial charge is 0.265 e. The van der Waals surface area contributed by atoms with Crippen molar-refractivity contribution in [2.75, 3.05) is 18.1 Å². The summed E-state index contributed by atoms with van der Waals surface area (Å²) in [6, 6.07) is 22.7. The Balaban J connectivity index is 1.68. The molecule has 1 unspecified atom stereocenters. The lowest BCUT2D eigenvalue weighted by molar-refractivity contribution is 0.0897. The second-order valence-electron chi connectivity index (χ2n) is 6.56. The Morgan fingerprint density at radius 1 is 0.931 bits per heavy atom. The first-order valence-corrected chi connectivity index (χ1v) is 9.95. The molecule has 1 aliphatic heterocycles. The van der Waals surface area contributed by atoms with Crippen molar-refractivity contribution in [1.82, 2.24) is 0 Å². The summed E-state index contributed by atoms with van der Waals surface area (Å²) in [6.45, 7) is 1.10. The molecular formula is C23H18BrNO4. The zero-order chi connectivity index (χ0) is 20.2. The van der Waals surface area contributed by atoms with Gasteiger partial charge in [0.15, 0.2) is 0 Å². The minimum atomic E-state index is -0.426. The lowest BCUT2D eigenvalue weighted by Gasteiger charge is -2.21. The van der Waals surface area contributed by atoms with E-state index in [1.807, 2.05) is 12.1 Å². The van der Waals surface area contributed by atoms with E-state index in [1.54, 1.807) is 66.7 Å². The molecule has 1 atom stereocenters. The van der Waals surface area contributed by atoms with Gasteiger partial charge in [-0.2, -0.15) is 0 Å².